The summed E-state index contributed by atoms with van der Waals surface area (Å²) in [5.41, 5.74) is 3.70. The van der Waals surface area contributed by atoms with E-state index in [4.69, 9.17) is 0 Å². The Kier molecular flexibility index (Phi) is 5.34. The van der Waals surface area contributed by atoms with E-state index in [1.807, 2.05) is 60.5 Å². The smallest absolute Gasteiger partial charge is 0.344 e. The standard InChI is InChI=1S/C22H27N5O3/c1-16-18-9-6-12-25(18)13-14-26(16)15-19(28)24-27-20(29)22(2,23-21(27)30)11-10-17-7-4-3-5-8-17/h3-9,12,16H,10-11,13-15H2,1-2H3,(H,23,30)(H,24,28)/t16-,22+/m1/s1. The Balaban J connectivity index is 1.35. The van der Waals surface area contributed by atoms with Gasteiger partial charge in [0, 0.05) is 31.0 Å². The van der Waals surface area contributed by atoms with E-state index in [0.717, 1.165) is 29.4 Å². The summed E-state index contributed by atoms with van der Waals surface area (Å²) in [7, 11) is 0. The van der Waals surface area contributed by atoms with Gasteiger partial charge in [0.05, 0.1) is 6.54 Å². The van der Waals surface area contributed by atoms with Crippen LogP contribution in [-0.4, -0.2) is 50.9 Å². The lowest BCUT2D eigenvalue weighted by atomic mass is 9.93. The lowest BCUT2D eigenvalue weighted by Gasteiger charge is -2.34. The maximum Gasteiger partial charge on any atom is 0.344 e. The summed E-state index contributed by atoms with van der Waals surface area (Å²) >= 11 is 0. The van der Waals surface area contributed by atoms with Crippen LogP contribution in [0.3, 0.4) is 0 Å². The molecular formula is C22H27N5O3. The van der Waals surface area contributed by atoms with Crippen molar-refractivity contribution in [2.45, 2.75) is 44.8 Å². The van der Waals surface area contributed by atoms with Crippen molar-refractivity contribution in [3.63, 3.8) is 0 Å². The number of hydrogen-bond donors (Lipinski definition) is 2. The van der Waals surface area contributed by atoms with Gasteiger partial charge in [0.25, 0.3) is 11.8 Å². The minimum atomic E-state index is -1.04. The topological polar surface area (TPSA) is 86.7 Å². The second-order valence-electron chi connectivity index (χ2n) is 8.20. The zero-order valence-electron chi connectivity index (χ0n) is 17.3. The highest BCUT2D eigenvalue weighted by Gasteiger charge is 2.48. The number of benzene rings is 1. The molecule has 0 aliphatic carbocycles. The summed E-state index contributed by atoms with van der Waals surface area (Å²) < 4.78 is 2.18. The molecule has 0 spiro atoms. The molecule has 2 atom stereocenters. The molecule has 3 heterocycles. The van der Waals surface area contributed by atoms with Crippen LogP contribution in [0.2, 0.25) is 0 Å². The summed E-state index contributed by atoms with van der Waals surface area (Å²) in [5, 5.41) is 3.56. The predicted molar refractivity (Wildman–Crippen MR) is 111 cm³/mol. The Morgan fingerprint density at radius 1 is 1.17 bits per heavy atom. The van der Waals surface area contributed by atoms with E-state index < -0.39 is 17.5 Å². The van der Waals surface area contributed by atoms with Crippen LogP contribution in [0.5, 0.6) is 0 Å². The number of nitrogens with one attached hydrogen (secondary N) is 2. The molecule has 2 aromatic rings. The van der Waals surface area contributed by atoms with Crippen molar-refractivity contribution in [1.29, 1.82) is 0 Å². The fraction of sp³-hybridized carbons (Fsp3) is 0.409. The molecule has 1 saturated heterocycles. The second kappa shape index (κ2) is 7.95. The van der Waals surface area contributed by atoms with Gasteiger partial charge in [-0.2, -0.15) is 5.01 Å². The zero-order valence-corrected chi connectivity index (χ0v) is 17.3. The molecule has 158 valence electrons. The highest BCUT2D eigenvalue weighted by Crippen LogP contribution is 2.25. The summed E-state index contributed by atoms with van der Waals surface area (Å²) in [6, 6.07) is 13.3. The molecule has 0 unspecified atom stereocenters. The van der Waals surface area contributed by atoms with Gasteiger partial charge in [-0.15, -0.1) is 0 Å². The number of fused-ring (bicyclic) bond motifs is 1. The van der Waals surface area contributed by atoms with Gasteiger partial charge in [0.1, 0.15) is 5.54 Å². The molecule has 0 bridgehead atoms. The van der Waals surface area contributed by atoms with Gasteiger partial charge in [-0.3, -0.25) is 19.9 Å². The van der Waals surface area contributed by atoms with E-state index in [-0.39, 0.29) is 18.5 Å². The van der Waals surface area contributed by atoms with Crippen LogP contribution < -0.4 is 10.7 Å². The number of nitrogens with zero attached hydrogens (tertiary/aromatic N) is 3. The molecule has 30 heavy (non-hydrogen) atoms. The lowest BCUT2D eigenvalue weighted by molar-refractivity contribution is -0.139. The van der Waals surface area contributed by atoms with E-state index in [9.17, 15) is 14.4 Å². The van der Waals surface area contributed by atoms with E-state index in [1.165, 1.54) is 0 Å². The van der Waals surface area contributed by atoms with Crippen LogP contribution >= 0.6 is 0 Å². The molecule has 1 aromatic heterocycles. The summed E-state index contributed by atoms with van der Waals surface area (Å²) in [6.45, 7) is 5.39. The predicted octanol–water partition coefficient (Wildman–Crippen LogP) is 1.84. The van der Waals surface area contributed by atoms with Crippen molar-refractivity contribution in [1.82, 2.24) is 25.2 Å². The van der Waals surface area contributed by atoms with Gasteiger partial charge < -0.3 is 9.88 Å². The molecule has 0 saturated carbocycles. The van der Waals surface area contributed by atoms with Gasteiger partial charge in [0.2, 0.25) is 0 Å². The second-order valence-corrected chi connectivity index (χ2v) is 8.20. The SMILES string of the molecule is C[C@@H]1c2cccn2CCN1CC(=O)NN1C(=O)N[C@@](C)(CCc2ccccc2)C1=O. The van der Waals surface area contributed by atoms with E-state index in [1.54, 1.807) is 6.92 Å². The maximum atomic E-state index is 12.9. The van der Waals surface area contributed by atoms with Crippen molar-refractivity contribution >= 4 is 17.8 Å². The third-order valence-corrected chi connectivity index (χ3v) is 6.07. The third-order valence-electron chi connectivity index (χ3n) is 6.07. The number of aromatic nitrogens is 1. The van der Waals surface area contributed by atoms with Crippen molar-refractivity contribution in [3.8, 4) is 0 Å². The van der Waals surface area contributed by atoms with Crippen LogP contribution in [0.15, 0.2) is 48.7 Å². The third kappa shape index (κ3) is 3.82. The molecule has 1 fully saturated rings. The Hall–Kier alpha value is -3.13. The van der Waals surface area contributed by atoms with Crippen LogP contribution in [0, 0.1) is 0 Å². The van der Waals surface area contributed by atoms with Crippen LogP contribution in [0.1, 0.15) is 37.6 Å². The summed E-state index contributed by atoms with van der Waals surface area (Å²) in [5.74, 6) is -0.810. The van der Waals surface area contributed by atoms with Crippen molar-refractivity contribution in [3.05, 3.63) is 59.9 Å². The molecule has 1 aromatic carbocycles. The highest BCUT2D eigenvalue weighted by atomic mass is 16.2. The molecule has 4 rings (SSSR count). The fourth-order valence-electron chi connectivity index (χ4n) is 4.18. The fourth-order valence-corrected chi connectivity index (χ4v) is 4.18. The van der Waals surface area contributed by atoms with Crippen molar-refractivity contribution < 1.29 is 14.4 Å². The van der Waals surface area contributed by atoms with Crippen LogP contribution in [-0.2, 0) is 22.6 Å². The first-order valence-corrected chi connectivity index (χ1v) is 10.3. The minimum absolute atomic E-state index is 0.0822. The number of aryl methyl sites for hydroxylation is 1. The molecular weight excluding hydrogens is 382 g/mol. The first-order valence-electron chi connectivity index (χ1n) is 10.3. The van der Waals surface area contributed by atoms with Gasteiger partial charge in [-0.05, 0) is 44.4 Å². The highest BCUT2D eigenvalue weighted by molar-refractivity contribution is 6.07. The molecule has 2 aliphatic rings. The number of hydrazine groups is 1. The molecule has 2 aliphatic heterocycles. The Morgan fingerprint density at radius 2 is 1.93 bits per heavy atom. The van der Waals surface area contributed by atoms with E-state index in [0.29, 0.717) is 12.8 Å². The monoisotopic (exact) mass is 409 g/mol. The van der Waals surface area contributed by atoms with E-state index >= 15 is 0 Å². The first-order chi connectivity index (χ1) is 14.4. The van der Waals surface area contributed by atoms with E-state index in [2.05, 4.69) is 15.3 Å². The van der Waals surface area contributed by atoms with Crippen LogP contribution in [0.25, 0.3) is 0 Å². The number of hydrogen-bond acceptors (Lipinski definition) is 4. The number of urea groups is 1. The van der Waals surface area contributed by atoms with Gasteiger partial charge in [-0.1, -0.05) is 30.3 Å². The molecule has 8 heteroatoms. The number of rotatable bonds is 6. The average Bonchev–Trinajstić information content (AvgIpc) is 3.29. The van der Waals surface area contributed by atoms with Gasteiger partial charge in [0.15, 0.2) is 0 Å². The first kappa shape index (κ1) is 20.2. The number of amides is 4. The number of imide groups is 1. The summed E-state index contributed by atoms with van der Waals surface area (Å²) in [4.78, 5) is 39.9. The number of carbonyl (C=O) groups is 3. The largest absolute Gasteiger partial charge is 0.349 e. The average molecular weight is 409 g/mol. The maximum absolute atomic E-state index is 12.9. The molecule has 8 nitrogen and oxygen atoms in total. The van der Waals surface area contributed by atoms with Crippen molar-refractivity contribution in [2.24, 2.45) is 0 Å². The Bertz CT molecular complexity index is 957. The van der Waals surface area contributed by atoms with Gasteiger partial charge >= 0.3 is 6.03 Å². The minimum Gasteiger partial charge on any atom is -0.349 e. The zero-order chi connectivity index (χ0) is 21.3. The van der Waals surface area contributed by atoms with Crippen molar-refractivity contribution in [2.75, 3.05) is 13.1 Å². The quantitative estimate of drug-likeness (QED) is 0.713. The Labute approximate surface area is 175 Å². The lowest BCUT2D eigenvalue weighted by Crippen LogP contribution is -2.52. The van der Waals surface area contributed by atoms with Gasteiger partial charge in [-0.25, -0.2) is 4.79 Å². The molecule has 0 radical (unpaired) electrons. The molecule has 4 amide bonds. The number of carbonyl (C=O) groups excluding carboxylic acids is 3. The normalized spacial score (nSPS) is 23.9. The Morgan fingerprint density at radius 3 is 2.70 bits per heavy atom. The molecule has 2 N–H and O–H groups in total. The summed E-state index contributed by atoms with van der Waals surface area (Å²) in [6.07, 6.45) is 3.14. The van der Waals surface area contributed by atoms with Crippen LogP contribution in [0.4, 0.5) is 4.79 Å².